The Kier molecular flexibility index (Phi) is 7.97. The SMILES string of the molecule is CCNC(=O)N1CCN(CC2=C(C(=O)OCC)[C@H](c3ccc(C)cc3C)NC(=O)N2C)CC1. The third kappa shape index (κ3) is 5.47. The Balaban J connectivity index is 1.92. The van der Waals surface area contributed by atoms with Crippen LogP contribution in [-0.2, 0) is 9.53 Å². The van der Waals surface area contributed by atoms with Gasteiger partial charge in [-0.2, -0.15) is 0 Å². The van der Waals surface area contributed by atoms with Crippen LogP contribution in [0, 0.1) is 13.8 Å². The van der Waals surface area contributed by atoms with E-state index in [0.29, 0.717) is 50.5 Å². The fourth-order valence-electron chi connectivity index (χ4n) is 4.36. The van der Waals surface area contributed by atoms with Crippen molar-refractivity contribution in [1.29, 1.82) is 0 Å². The summed E-state index contributed by atoms with van der Waals surface area (Å²) in [5.74, 6) is -0.426. The molecule has 1 atom stereocenters. The van der Waals surface area contributed by atoms with E-state index in [1.165, 1.54) is 4.90 Å². The van der Waals surface area contributed by atoms with E-state index >= 15 is 0 Å². The van der Waals surface area contributed by atoms with Crippen LogP contribution in [0.1, 0.15) is 36.6 Å². The molecule has 0 aromatic heterocycles. The fourth-order valence-corrected chi connectivity index (χ4v) is 4.36. The van der Waals surface area contributed by atoms with Gasteiger partial charge in [0.25, 0.3) is 0 Å². The molecule has 0 aliphatic carbocycles. The first-order valence-electron chi connectivity index (χ1n) is 11.5. The van der Waals surface area contributed by atoms with Crippen LogP contribution in [0.2, 0.25) is 0 Å². The van der Waals surface area contributed by atoms with Crippen molar-refractivity contribution in [2.75, 3.05) is 52.9 Å². The van der Waals surface area contributed by atoms with E-state index in [4.69, 9.17) is 4.74 Å². The summed E-state index contributed by atoms with van der Waals surface area (Å²) < 4.78 is 5.42. The van der Waals surface area contributed by atoms with Crippen LogP contribution in [0.15, 0.2) is 29.5 Å². The van der Waals surface area contributed by atoms with E-state index in [0.717, 1.165) is 16.7 Å². The fraction of sp³-hybridized carbons (Fsp3) is 0.542. The second kappa shape index (κ2) is 10.7. The summed E-state index contributed by atoms with van der Waals surface area (Å²) in [7, 11) is 1.67. The number of nitrogens with one attached hydrogen (secondary N) is 2. The first-order valence-corrected chi connectivity index (χ1v) is 11.5. The number of carbonyl (C=O) groups is 3. The molecule has 1 aromatic carbocycles. The van der Waals surface area contributed by atoms with Gasteiger partial charge in [0.2, 0.25) is 0 Å². The van der Waals surface area contributed by atoms with Crippen LogP contribution in [0.5, 0.6) is 0 Å². The molecule has 0 bridgehead atoms. The van der Waals surface area contributed by atoms with Gasteiger partial charge in [-0.1, -0.05) is 23.8 Å². The van der Waals surface area contributed by atoms with Crippen LogP contribution in [0.25, 0.3) is 0 Å². The minimum Gasteiger partial charge on any atom is -0.463 e. The van der Waals surface area contributed by atoms with E-state index in [1.54, 1.807) is 18.9 Å². The number of benzene rings is 1. The molecule has 2 aliphatic heterocycles. The van der Waals surface area contributed by atoms with E-state index < -0.39 is 12.0 Å². The molecule has 33 heavy (non-hydrogen) atoms. The van der Waals surface area contributed by atoms with Gasteiger partial charge in [-0.3, -0.25) is 9.80 Å². The molecule has 3 rings (SSSR count). The molecule has 1 aromatic rings. The Hall–Kier alpha value is -3.07. The molecule has 0 unspecified atom stereocenters. The zero-order chi connectivity index (χ0) is 24.1. The van der Waals surface area contributed by atoms with Gasteiger partial charge >= 0.3 is 18.0 Å². The van der Waals surface area contributed by atoms with Gasteiger partial charge in [0, 0.05) is 52.0 Å². The van der Waals surface area contributed by atoms with Crippen molar-refractivity contribution < 1.29 is 19.1 Å². The highest BCUT2D eigenvalue weighted by Gasteiger charge is 2.38. The largest absolute Gasteiger partial charge is 0.463 e. The number of aryl methyl sites for hydroxylation is 2. The molecule has 2 heterocycles. The summed E-state index contributed by atoms with van der Waals surface area (Å²) in [5, 5.41) is 5.81. The zero-order valence-electron chi connectivity index (χ0n) is 20.2. The molecule has 1 fully saturated rings. The van der Waals surface area contributed by atoms with Crippen molar-refractivity contribution in [3.63, 3.8) is 0 Å². The van der Waals surface area contributed by atoms with Crippen molar-refractivity contribution in [3.05, 3.63) is 46.2 Å². The molecule has 0 saturated carbocycles. The molecule has 0 spiro atoms. The van der Waals surface area contributed by atoms with Crippen molar-refractivity contribution in [3.8, 4) is 0 Å². The number of ether oxygens (including phenoxy) is 1. The number of amides is 4. The Labute approximate surface area is 195 Å². The lowest BCUT2D eigenvalue weighted by Crippen LogP contribution is -2.54. The van der Waals surface area contributed by atoms with Gasteiger partial charge < -0.3 is 20.3 Å². The number of hydrogen-bond acceptors (Lipinski definition) is 5. The van der Waals surface area contributed by atoms with Crippen LogP contribution < -0.4 is 10.6 Å². The maximum atomic E-state index is 13.1. The summed E-state index contributed by atoms with van der Waals surface area (Å²) >= 11 is 0. The second-order valence-corrected chi connectivity index (χ2v) is 8.48. The molecule has 1 saturated heterocycles. The minimum atomic E-state index is -0.583. The van der Waals surface area contributed by atoms with Gasteiger partial charge in [-0.05, 0) is 38.8 Å². The number of nitrogens with zero attached hydrogens (tertiary/aromatic N) is 3. The van der Waals surface area contributed by atoms with Gasteiger partial charge in [-0.25, -0.2) is 14.4 Å². The Morgan fingerprint density at radius 3 is 2.45 bits per heavy atom. The number of hydrogen-bond donors (Lipinski definition) is 2. The second-order valence-electron chi connectivity index (χ2n) is 8.48. The number of piperazine rings is 1. The van der Waals surface area contributed by atoms with Crippen molar-refractivity contribution in [2.24, 2.45) is 0 Å². The highest BCUT2D eigenvalue weighted by atomic mass is 16.5. The Morgan fingerprint density at radius 2 is 1.85 bits per heavy atom. The monoisotopic (exact) mass is 457 g/mol. The summed E-state index contributed by atoms with van der Waals surface area (Å²) in [6, 6.07) is 5.08. The quantitative estimate of drug-likeness (QED) is 0.639. The molecular weight excluding hydrogens is 422 g/mol. The van der Waals surface area contributed by atoms with Crippen molar-refractivity contribution >= 4 is 18.0 Å². The van der Waals surface area contributed by atoms with E-state index in [2.05, 4.69) is 15.5 Å². The third-order valence-corrected chi connectivity index (χ3v) is 6.17. The molecule has 2 aliphatic rings. The first kappa shape index (κ1) is 24.6. The number of urea groups is 2. The zero-order valence-corrected chi connectivity index (χ0v) is 20.2. The standard InChI is InChI=1S/C24H35N5O4/c1-6-25-23(31)29-12-10-28(11-13-29)15-19-20(22(30)33-7-2)21(26-24(32)27(19)5)18-9-8-16(3)14-17(18)4/h8-9,14,21H,6-7,10-13,15H2,1-5H3,(H,25,31)(H,26,32)/t21-/m0/s1. The molecule has 9 nitrogen and oxygen atoms in total. The lowest BCUT2D eigenvalue weighted by molar-refractivity contribution is -0.139. The average Bonchev–Trinajstić information content (AvgIpc) is 2.77. The van der Waals surface area contributed by atoms with E-state index in [9.17, 15) is 14.4 Å². The molecule has 180 valence electrons. The lowest BCUT2D eigenvalue weighted by Gasteiger charge is -2.39. The van der Waals surface area contributed by atoms with E-state index in [-0.39, 0.29) is 18.7 Å². The van der Waals surface area contributed by atoms with Crippen molar-refractivity contribution in [2.45, 2.75) is 33.7 Å². The van der Waals surface area contributed by atoms with E-state index in [1.807, 2.05) is 39.0 Å². The first-order chi connectivity index (χ1) is 15.8. The van der Waals surface area contributed by atoms with Crippen molar-refractivity contribution in [1.82, 2.24) is 25.3 Å². The number of esters is 1. The predicted octanol–water partition coefficient (Wildman–Crippen LogP) is 2.16. The Morgan fingerprint density at radius 1 is 1.15 bits per heavy atom. The summed E-state index contributed by atoms with van der Waals surface area (Å²) in [5.41, 5.74) is 4.08. The third-order valence-electron chi connectivity index (χ3n) is 6.17. The molecule has 0 radical (unpaired) electrons. The van der Waals surface area contributed by atoms with Crippen LogP contribution in [0.3, 0.4) is 0 Å². The lowest BCUT2D eigenvalue weighted by atomic mass is 9.90. The summed E-state index contributed by atoms with van der Waals surface area (Å²) in [4.78, 5) is 43.6. The minimum absolute atomic E-state index is 0.0624. The average molecular weight is 458 g/mol. The molecular formula is C24H35N5O4. The predicted molar refractivity (Wildman–Crippen MR) is 126 cm³/mol. The molecule has 4 amide bonds. The summed E-state index contributed by atoms with van der Waals surface area (Å²) in [6.07, 6.45) is 0. The summed E-state index contributed by atoms with van der Waals surface area (Å²) in [6.45, 7) is 11.4. The van der Waals surface area contributed by atoms with Gasteiger partial charge in [0.1, 0.15) is 0 Å². The van der Waals surface area contributed by atoms with Crippen LogP contribution in [0.4, 0.5) is 9.59 Å². The van der Waals surface area contributed by atoms with Gasteiger partial charge in [-0.15, -0.1) is 0 Å². The maximum absolute atomic E-state index is 13.1. The highest BCUT2D eigenvalue weighted by Crippen LogP contribution is 2.33. The normalized spacial score (nSPS) is 19.4. The number of likely N-dealkylation sites (N-methyl/N-ethyl adjacent to an activating group) is 1. The maximum Gasteiger partial charge on any atom is 0.338 e. The smallest absolute Gasteiger partial charge is 0.338 e. The molecule has 2 N–H and O–H groups in total. The molecule has 9 heteroatoms. The number of carbonyl (C=O) groups excluding carboxylic acids is 3. The number of rotatable bonds is 6. The van der Waals surface area contributed by atoms with Gasteiger partial charge in [0.15, 0.2) is 0 Å². The van der Waals surface area contributed by atoms with Crippen LogP contribution >= 0.6 is 0 Å². The highest BCUT2D eigenvalue weighted by molar-refractivity contribution is 5.95. The van der Waals surface area contributed by atoms with Crippen LogP contribution in [-0.4, -0.2) is 85.7 Å². The Bertz CT molecular complexity index is 937. The topological polar surface area (TPSA) is 94.2 Å². The van der Waals surface area contributed by atoms with Gasteiger partial charge in [0.05, 0.1) is 18.2 Å².